The Morgan fingerprint density at radius 3 is 2.80 bits per heavy atom. The fourth-order valence-corrected chi connectivity index (χ4v) is 2.89. The number of thioether (sulfide) groups is 1. The molecule has 132 valence electrons. The summed E-state index contributed by atoms with van der Waals surface area (Å²) < 4.78 is 40.7. The number of methoxy groups -OCH3 is 1. The van der Waals surface area contributed by atoms with Crippen LogP contribution in [0.1, 0.15) is 5.56 Å². The Bertz CT molecular complexity index is 839. The zero-order valence-corrected chi connectivity index (χ0v) is 13.9. The molecule has 0 saturated heterocycles. The monoisotopic (exact) mass is 368 g/mol. The fraction of sp³-hybridized carbons (Fsp3) is 0.200. The highest BCUT2D eigenvalue weighted by atomic mass is 32.2. The predicted molar refractivity (Wildman–Crippen MR) is 87.1 cm³/mol. The first-order valence-electron chi connectivity index (χ1n) is 7.07. The molecule has 0 aliphatic carbocycles. The Morgan fingerprint density at radius 1 is 1.28 bits per heavy atom. The zero-order valence-electron chi connectivity index (χ0n) is 13.1. The summed E-state index contributed by atoms with van der Waals surface area (Å²) in [6.07, 6.45) is 1.52. The summed E-state index contributed by atoms with van der Waals surface area (Å²) in [4.78, 5) is 0. The van der Waals surface area contributed by atoms with Crippen molar-refractivity contribution in [3.8, 4) is 23.1 Å². The van der Waals surface area contributed by atoms with E-state index in [1.807, 2.05) is 0 Å². The maximum atomic E-state index is 12.3. The van der Waals surface area contributed by atoms with Crippen molar-refractivity contribution in [2.45, 2.75) is 17.5 Å². The third-order valence-electron chi connectivity index (χ3n) is 3.22. The van der Waals surface area contributed by atoms with E-state index in [9.17, 15) is 8.78 Å². The van der Waals surface area contributed by atoms with Crippen LogP contribution in [0, 0.1) is 0 Å². The summed E-state index contributed by atoms with van der Waals surface area (Å²) in [6.45, 7) is -2.91. The number of hydrogen-bond donors (Lipinski definition) is 1. The van der Waals surface area contributed by atoms with Gasteiger partial charge in [-0.3, -0.25) is 0 Å². The molecule has 0 aliphatic rings. The number of nitrogens with zero attached hydrogens (tertiary/aromatic N) is 3. The maximum absolute atomic E-state index is 12.3. The van der Waals surface area contributed by atoms with Crippen LogP contribution in [0.15, 0.2) is 46.2 Å². The molecule has 0 spiro atoms. The number of ether oxygens (including phenoxy) is 2. The van der Waals surface area contributed by atoms with E-state index in [0.717, 1.165) is 5.56 Å². The summed E-state index contributed by atoms with van der Waals surface area (Å²) in [5.41, 5.74) is 0.825. The van der Waals surface area contributed by atoms with E-state index in [2.05, 4.69) is 14.9 Å². The van der Waals surface area contributed by atoms with Gasteiger partial charge in [-0.25, -0.2) is 4.68 Å². The van der Waals surface area contributed by atoms with E-state index < -0.39 is 6.61 Å². The van der Waals surface area contributed by atoms with Gasteiger partial charge in [0.15, 0.2) is 17.3 Å². The molecule has 1 aromatic carbocycles. The van der Waals surface area contributed by atoms with Crippen molar-refractivity contribution < 1.29 is 22.7 Å². The van der Waals surface area contributed by atoms with E-state index >= 15 is 0 Å². The lowest BCUT2D eigenvalue weighted by Crippen LogP contribution is -2.11. The van der Waals surface area contributed by atoms with Crippen molar-refractivity contribution in [1.29, 1.82) is 0 Å². The van der Waals surface area contributed by atoms with Crippen molar-refractivity contribution in [1.82, 2.24) is 14.9 Å². The summed E-state index contributed by atoms with van der Waals surface area (Å²) in [5.74, 6) is 7.59. The number of nitrogens with two attached hydrogens (primary N) is 1. The van der Waals surface area contributed by atoms with E-state index in [4.69, 9.17) is 15.0 Å². The quantitative estimate of drug-likeness (QED) is 0.506. The molecule has 2 heterocycles. The number of benzene rings is 1. The molecular formula is C15H14F2N4O3S. The number of hydrogen-bond acceptors (Lipinski definition) is 7. The number of rotatable bonds is 7. The number of halogens is 2. The smallest absolute Gasteiger partial charge is 0.387 e. The zero-order chi connectivity index (χ0) is 17.8. The van der Waals surface area contributed by atoms with Gasteiger partial charge in [-0.15, -0.1) is 10.2 Å². The highest BCUT2D eigenvalue weighted by molar-refractivity contribution is 7.98. The largest absolute Gasteiger partial charge is 0.493 e. The van der Waals surface area contributed by atoms with Gasteiger partial charge in [0.25, 0.3) is 0 Å². The molecule has 0 bridgehead atoms. The number of furan rings is 1. The van der Waals surface area contributed by atoms with Crippen LogP contribution in [0.5, 0.6) is 11.5 Å². The maximum Gasteiger partial charge on any atom is 0.387 e. The fourth-order valence-electron chi connectivity index (χ4n) is 2.09. The van der Waals surface area contributed by atoms with Crippen LogP contribution in [0.4, 0.5) is 8.78 Å². The first kappa shape index (κ1) is 17.1. The highest BCUT2D eigenvalue weighted by Crippen LogP contribution is 2.32. The molecule has 2 aromatic heterocycles. The minimum atomic E-state index is -2.91. The SMILES string of the molecule is COc1cc(CSc2nnc(-c3ccco3)n2N)ccc1OC(F)F. The average Bonchev–Trinajstić information content (AvgIpc) is 3.23. The summed E-state index contributed by atoms with van der Waals surface area (Å²) >= 11 is 1.34. The summed E-state index contributed by atoms with van der Waals surface area (Å²) in [7, 11) is 1.39. The standard InChI is InChI=1S/C15H14F2N4O3S/c1-22-12-7-9(4-5-10(12)24-14(16)17)8-25-15-20-19-13(21(15)18)11-3-2-6-23-11/h2-7,14H,8,18H2,1H3. The normalized spacial score (nSPS) is 11.0. The molecule has 0 aliphatic heterocycles. The van der Waals surface area contributed by atoms with Crippen molar-refractivity contribution in [3.63, 3.8) is 0 Å². The lowest BCUT2D eigenvalue weighted by Gasteiger charge is -2.11. The van der Waals surface area contributed by atoms with Gasteiger partial charge in [-0.2, -0.15) is 8.78 Å². The Hall–Kier alpha value is -2.75. The topological polar surface area (TPSA) is 88.3 Å². The number of aromatic nitrogens is 3. The molecule has 2 N–H and O–H groups in total. The Kier molecular flexibility index (Phi) is 5.08. The van der Waals surface area contributed by atoms with Crippen LogP contribution < -0.4 is 15.3 Å². The van der Waals surface area contributed by atoms with Crippen LogP contribution in [0.25, 0.3) is 11.6 Å². The lowest BCUT2D eigenvalue weighted by molar-refractivity contribution is -0.0512. The van der Waals surface area contributed by atoms with Crippen LogP contribution in [0.2, 0.25) is 0 Å². The molecule has 0 unspecified atom stereocenters. The lowest BCUT2D eigenvalue weighted by atomic mass is 10.2. The Labute approximate surface area is 145 Å². The molecule has 3 rings (SSSR count). The minimum Gasteiger partial charge on any atom is -0.493 e. The van der Waals surface area contributed by atoms with Crippen molar-refractivity contribution in [2.24, 2.45) is 0 Å². The number of alkyl halides is 2. The first-order chi connectivity index (χ1) is 12.1. The average molecular weight is 368 g/mol. The van der Waals surface area contributed by atoms with Gasteiger partial charge in [0.2, 0.25) is 11.0 Å². The molecule has 0 atom stereocenters. The second-order valence-electron chi connectivity index (χ2n) is 4.81. The van der Waals surface area contributed by atoms with Gasteiger partial charge in [0.1, 0.15) is 0 Å². The second kappa shape index (κ2) is 7.43. The molecule has 25 heavy (non-hydrogen) atoms. The van der Waals surface area contributed by atoms with Gasteiger partial charge in [-0.05, 0) is 29.8 Å². The van der Waals surface area contributed by atoms with Crippen LogP contribution in [0.3, 0.4) is 0 Å². The summed E-state index contributed by atoms with van der Waals surface area (Å²) in [5, 5.41) is 8.50. The van der Waals surface area contributed by atoms with Crippen LogP contribution >= 0.6 is 11.8 Å². The third-order valence-corrected chi connectivity index (χ3v) is 4.23. The second-order valence-corrected chi connectivity index (χ2v) is 5.75. The van der Waals surface area contributed by atoms with E-state index in [1.165, 1.54) is 35.9 Å². The molecule has 0 radical (unpaired) electrons. The molecule has 0 saturated carbocycles. The molecule has 10 heteroatoms. The van der Waals surface area contributed by atoms with Gasteiger partial charge in [0.05, 0.1) is 13.4 Å². The highest BCUT2D eigenvalue weighted by Gasteiger charge is 2.15. The van der Waals surface area contributed by atoms with Crippen molar-refractivity contribution >= 4 is 11.8 Å². The van der Waals surface area contributed by atoms with Gasteiger partial charge in [-0.1, -0.05) is 17.8 Å². The number of nitrogen functional groups attached to an aromatic ring is 1. The van der Waals surface area contributed by atoms with E-state index in [-0.39, 0.29) is 11.5 Å². The van der Waals surface area contributed by atoms with Crippen LogP contribution in [-0.2, 0) is 5.75 Å². The predicted octanol–water partition coefficient (Wildman–Crippen LogP) is 3.15. The van der Waals surface area contributed by atoms with E-state index in [0.29, 0.717) is 22.5 Å². The van der Waals surface area contributed by atoms with Crippen molar-refractivity contribution in [2.75, 3.05) is 13.0 Å². The molecule has 0 amide bonds. The Morgan fingerprint density at radius 2 is 2.12 bits per heavy atom. The summed E-state index contributed by atoms with van der Waals surface area (Å²) in [6, 6.07) is 8.18. The van der Waals surface area contributed by atoms with Gasteiger partial charge < -0.3 is 19.7 Å². The van der Waals surface area contributed by atoms with Crippen molar-refractivity contribution in [3.05, 3.63) is 42.2 Å². The molecule has 7 nitrogen and oxygen atoms in total. The molecule has 0 fully saturated rings. The first-order valence-corrected chi connectivity index (χ1v) is 8.06. The Balaban J connectivity index is 1.72. The third kappa shape index (κ3) is 3.85. The minimum absolute atomic E-state index is 0.0200. The van der Waals surface area contributed by atoms with Crippen LogP contribution in [-0.4, -0.2) is 28.6 Å². The van der Waals surface area contributed by atoms with E-state index in [1.54, 1.807) is 24.3 Å². The molecule has 3 aromatic rings. The molecular weight excluding hydrogens is 354 g/mol. The van der Waals surface area contributed by atoms with Gasteiger partial charge in [0, 0.05) is 5.75 Å². The van der Waals surface area contributed by atoms with Gasteiger partial charge >= 0.3 is 6.61 Å².